The summed E-state index contributed by atoms with van der Waals surface area (Å²) in [4.78, 5) is 12.7. The number of sulfonamides is 1. The van der Waals surface area contributed by atoms with Gasteiger partial charge in [-0.15, -0.1) is 0 Å². The first kappa shape index (κ1) is 25.3. The molecule has 7 nitrogen and oxygen atoms in total. The number of amides is 1. The van der Waals surface area contributed by atoms with Crippen LogP contribution in [0.25, 0.3) is 0 Å². The number of hydrogen-bond acceptors (Lipinski definition) is 5. The lowest BCUT2D eigenvalue weighted by Gasteiger charge is -2.24. The zero-order valence-corrected chi connectivity index (χ0v) is 20.7. The Morgan fingerprint density at radius 3 is 2.35 bits per heavy atom. The van der Waals surface area contributed by atoms with E-state index in [0.717, 1.165) is 26.7 Å². The Morgan fingerprint density at radius 2 is 1.74 bits per heavy atom. The number of hydrogen-bond donors (Lipinski definition) is 1. The fourth-order valence-electron chi connectivity index (χ4n) is 3.05. The van der Waals surface area contributed by atoms with Gasteiger partial charge in [0.05, 0.1) is 23.4 Å². The van der Waals surface area contributed by atoms with E-state index in [4.69, 9.17) is 16.3 Å². The highest BCUT2D eigenvalue weighted by molar-refractivity contribution is 7.92. The van der Waals surface area contributed by atoms with E-state index in [1.54, 1.807) is 48.5 Å². The molecule has 1 N–H and O–H groups in total. The Morgan fingerprint density at radius 1 is 1.06 bits per heavy atom. The van der Waals surface area contributed by atoms with Gasteiger partial charge in [0.1, 0.15) is 12.3 Å². The molecule has 0 radical (unpaired) electrons. The molecule has 0 bridgehead atoms. The van der Waals surface area contributed by atoms with Crippen molar-refractivity contribution in [2.75, 3.05) is 17.5 Å². The van der Waals surface area contributed by atoms with Crippen LogP contribution in [0.3, 0.4) is 0 Å². The maximum absolute atomic E-state index is 13.4. The third-order valence-corrected chi connectivity index (χ3v) is 7.13. The van der Waals surface area contributed by atoms with Crippen LogP contribution in [0, 0.1) is 13.8 Å². The Labute approximate surface area is 205 Å². The number of carbonyl (C=O) groups is 1. The molecule has 0 unspecified atom stereocenters. The highest BCUT2D eigenvalue weighted by Crippen LogP contribution is 2.28. The fraction of sp³-hybridized carbons (Fsp3) is 0.200. The van der Waals surface area contributed by atoms with Gasteiger partial charge in [0, 0.05) is 5.02 Å². The van der Waals surface area contributed by atoms with Crippen LogP contribution < -0.4 is 14.5 Å². The van der Waals surface area contributed by atoms with Crippen molar-refractivity contribution in [2.45, 2.75) is 25.7 Å². The van der Waals surface area contributed by atoms with Gasteiger partial charge in [0.25, 0.3) is 15.9 Å². The predicted molar refractivity (Wildman–Crippen MR) is 135 cm³/mol. The van der Waals surface area contributed by atoms with E-state index in [0.29, 0.717) is 11.6 Å². The van der Waals surface area contributed by atoms with E-state index in [-0.39, 0.29) is 10.6 Å². The Hall–Kier alpha value is -3.36. The van der Waals surface area contributed by atoms with E-state index in [2.05, 4.69) is 10.5 Å². The summed E-state index contributed by atoms with van der Waals surface area (Å²) in [5, 5.41) is 4.35. The minimum atomic E-state index is -4.03. The largest absolute Gasteiger partial charge is 0.494 e. The molecule has 178 valence electrons. The molecule has 0 fully saturated rings. The third kappa shape index (κ3) is 6.36. The SMILES string of the molecule is CCOc1ccc(/C=N\NC(=O)CN(c2ccc(C)c(Cl)c2)S(=O)(=O)c2ccc(C)cc2)cc1. The lowest BCUT2D eigenvalue weighted by Crippen LogP contribution is -2.39. The predicted octanol–water partition coefficient (Wildman–Crippen LogP) is 4.70. The molecule has 0 atom stereocenters. The van der Waals surface area contributed by atoms with Crippen molar-refractivity contribution >= 4 is 39.4 Å². The fourth-order valence-corrected chi connectivity index (χ4v) is 4.64. The number of ether oxygens (including phenoxy) is 1. The number of carbonyl (C=O) groups excluding carboxylic acids is 1. The first-order valence-corrected chi connectivity index (χ1v) is 12.4. The highest BCUT2D eigenvalue weighted by atomic mass is 35.5. The number of aryl methyl sites for hydroxylation is 2. The van der Waals surface area contributed by atoms with Crippen LogP contribution in [0.4, 0.5) is 5.69 Å². The summed E-state index contributed by atoms with van der Waals surface area (Å²) in [7, 11) is -4.03. The lowest BCUT2D eigenvalue weighted by atomic mass is 10.2. The van der Waals surface area contributed by atoms with Crippen molar-refractivity contribution in [3.05, 3.63) is 88.4 Å². The van der Waals surface area contributed by atoms with E-state index < -0.39 is 22.5 Å². The Kier molecular flexibility index (Phi) is 8.31. The zero-order chi connectivity index (χ0) is 24.7. The molecule has 0 spiro atoms. The molecular formula is C25H26ClN3O4S. The van der Waals surface area contributed by atoms with Crippen LogP contribution in [0.5, 0.6) is 5.75 Å². The zero-order valence-electron chi connectivity index (χ0n) is 19.2. The first-order chi connectivity index (χ1) is 16.2. The standard InChI is InChI=1S/C25H26ClN3O4S/c1-4-33-22-11-8-20(9-12-22)16-27-28-25(30)17-29(21-10-7-19(3)24(26)15-21)34(31,32)23-13-5-18(2)6-14-23/h5-16H,4,17H2,1-3H3,(H,28,30)/b27-16-. The summed E-state index contributed by atoms with van der Waals surface area (Å²) in [6, 6.07) is 18.5. The van der Waals surface area contributed by atoms with E-state index in [1.807, 2.05) is 20.8 Å². The topological polar surface area (TPSA) is 88.1 Å². The molecule has 1 amide bonds. The minimum Gasteiger partial charge on any atom is -0.494 e. The third-order valence-electron chi connectivity index (χ3n) is 4.93. The number of hydrazone groups is 1. The normalized spacial score (nSPS) is 11.4. The van der Waals surface area contributed by atoms with Gasteiger partial charge in [0.15, 0.2) is 0 Å². The second kappa shape index (κ2) is 11.2. The number of benzene rings is 3. The van der Waals surface area contributed by atoms with Gasteiger partial charge in [0.2, 0.25) is 0 Å². The molecule has 9 heteroatoms. The highest BCUT2D eigenvalue weighted by Gasteiger charge is 2.27. The molecule has 3 rings (SSSR count). The molecule has 0 heterocycles. The summed E-state index contributed by atoms with van der Waals surface area (Å²) >= 11 is 6.24. The molecule has 3 aromatic carbocycles. The summed E-state index contributed by atoms with van der Waals surface area (Å²) in [6.45, 7) is 5.67. The van der Waals surface area contributed by atoms with Crippen molar-refractivity contribution in [2.24, 2.45) is 5.10 Å². The molecule has 0 saturated carbocycles. The molecule has 0 aromatic heterocycles. The van der Waals surface area contributed by atoms with Crippen molar-refractivity contribution in [3.63, 3.8) is 0 Å². The smallest absolute Gasteiger partial charge is 0.264 e. The summed E-state index contributed by atoms with van der Waals surface area (Å²) < 4.78 is 33.2. The van der Waals surface area contributed by atoms with E-state index >= 15 is 0 Å². The van der Waals surface area contributed by atoms with Crippen LogP contribution in [-0.4, -0.2) is 33.7 Å². The van der Waals surface area contributed by atoms with E-state index in [1.165, 1.54) is 24.4 Å². The van der Waals surface area contributed by atoms with Crippen molar-refractivity contribution in [3.8, 4) is 5.75 Å². The van der Waals surface area contributed by atoms with Gasteiger partial charge in [-0.05, 0) is 80.4 Å². The molecular weight excluding hydrogens is 474 g/mol. The summed E-state index contributed by atoms with van der Waals surface area (Å²) in [5.41, 5.74) is 5.13. The van der Waals surface area contributed by atoms with Gasteiger partial charge in [-0.3, -0.25) is 9.10 Å². The van der Waals surface area contributed by atoms with Gasteiger partial charge in [-0.2, -0.15) is 5.10 Å². The van der Waals surface area contributed by atoms with Crippen LogP contribution in [0.1, 0.15) is 23.6 Å². The lowest BCUT2D eigenvalue weighted by molar-refractivity contribution is -0.119. The molecule has 0 saturated heterocycles. The minimum absolute atomic E-state index is 0.0699. The van der Waals surface area contributed by atoms with Gasteiger partial charge < -0.3 is 4.74 Å². The molecule has 3 aromatic rings. The Balaban J connectivity index is 1.81. The number of nitrogens with one attached hydrogen (secondary N) is 1. The van der Waals surface area contributed by atoms with E-state index in [9.17, 15) is 13.2 Å². The number of nitrogens with zero attached hydrogens (tertiary/aromatic N) is 2. The molecule has 34 heavy (non-hydrogen) atoms. The maximum atomic E-state index is 13.4. The van der Waals surface area contributed by atoms with Crippen molar-refractivity contribution in [1.82, 2.24) is 5.43 Å². The number of halogens is 1. The number of rotatable bonds is 9. The van der Waals surface area contributed by atoms with Crippen molar-refractivity contribution < 1.29 is 17.9 Å². The quantitative estimate of drug-likeness (QED) is 0.341. The van der Waals surface area contributed by atoms with Crippen LogP contribution >= 0.6 is 11.6 Å². The van der Waals surface area contributed by atoms with Crippen molar-refractivity contribution in [1.29, 1.82) is 0 Å². The monoisotopic (exact) mass is 499 g/mol. The summed E-state index contributed by atoms with van der Waals surface area (Å²) in [5.74, 6) is 0.131. The van der Waals surface area contributed by atoms with Crippen LogP contribution in [0.15, 0.2) is 76.7 Å². The second-order valence-corrected chi connectivity index (χ2v) is 9.82. The van der Waals surface area contributed by atoms with Crippen LogP contribution in [0.2, 0.25) is 5.02 Å². The first-order valence-electron chi connectivity index (χ1n) is 10.6. The Bertz CT molecular complexity index is 1270. The van der Waals surface area contributed by atoms with Gasteiger partial charge >= 0.3 is 0 Å². The molecule has 0 aliphatic rings. The van der Waals surface area contributed by atoms with Gasteiger partial charge in [-0.1, -0.05) is 35.4 Å². The average molecular weight is 500 g/mol. The van der Waals surface area contributed by atoms with Crippen LogP contribution in [-0.2, 0) is 14.8 Å². The second-order valence-electron chi connectivity index (χ2n) is 7.55. The average Bonchev–Trinajstić information content (AvgIpc) is 2.81. The summed E-state index contributed by atoms with van der Waals surface area (Å²) in [6.07, 6.45) is 1.47. The maximum Gasteiger partial charge on any atom is 0.264 e. The van der Waals surface area contributed by atoms with Gasteiger partial charge in [-0.25, -0.2) is 13.8 Å². The number of anilines is 1. The molecule has 0 aliphatic carbocycles. The molecule has 0 aliphatic heterocycles.